The highest BCUT2D eigenvalue weighted by Gasteiger charge is 2.15. The van der Waals surface area contributed by atoms with E-state index in [2.05, 4.69) is 90.1 Å². The molecule has 0 saturated carbocycles. The average Bonchev–Trinajstić information content (AvgIpc) is 3.29. The zero-order chi connectivity index (χ0) is 22.2. The molecule has 2 aromatic carbocycles. The average molecular weight is 422 g/mol. The Bertz CT molecular complexity index is 1410. The van der Waals surface area contributed by atoms with E-state index in [0.717, 1.165) is 41.1 Å². The van der Waals surface area contributed by atoms with Crippen LogP contribution in [-0.4, -0.2) is 24.3 Å². The second kappa shape index (κ2) is 8.08. The quantitative estimate of drug-likeness (QED) is 0.382. The van der Waals surface area contributed by atoms with E-state index in [1.54, 1.807) is 0 Å². The molecule has 0 spiro atoms. The van der Waals surface area contributed by atoms with E-state index in [9.17, 15) is 0 Å². The third-order valence-corrected chi connectivity index (χ3v) is 6.10. The van der Waals surface area contributed by atoms with Gasteiger partial charge in [0.15, 0.2) is 0 Å². The van der Waals surface area contributed by atoms with E-state index in [-0.39, 0.29) is 0 Å². The van der Waals surface area contributed by atoms with Crippen LogP contribution < -0.4 is 0 Å². The van der Waals surface area contributed by atoms with Crippen molar-refractivity contribution in [2.24, 2.45) is 7.05 Å². The predicted octanol–water partition coefficient (Wildman–Crippen LogP) is 5.40. The molecule has 0 aliphatic heterocycles. The first-order valence-corrected chi connectivity index (χ1v) is 10.9. The van der Waals surface area contributed by atoms with Gasteiger partial charge in [-0.05, 0) is 67.3 Å². The fraction of sp³-hybridized carbons (Fsp3) is 0.222. The summed E-state index contributed by atoms with van der Waals surface area (Å²) in [7, 11) is 1.96. The van der Waals surface area contributed by atoms with Crippen LogP contribution in [0.4, 0.5) is 0 Å². The summed E-state index contributed by atoms with van der Waals surface area (Å²) in [5.41, 5.74) is 10.6. The highest BCUT2D eigenvalue weighted by Crippen LogP contribution is 2.28. The summed E-state index contributed by atoms with van der Waals surface area (Å²) >= 11 is 0. The number of aryl methyl sites for hydroxylation is 4. The van der Waals surface area contributed by atoms with E-state index in [4.69, 9.17) is 4.98 Å². The molecule has 5 rings (SSSR count). The van der Waals surface area contributed by atoms with Gasteiger partial charge in [-0.15, -0.1) is 0 Å². The molecular formula is C27H27N5. The third kappa shape index (κ3) is 3.82. The van der Waals surface area contributed by atoms with Crippen molar-refractivity contribution in [2.45, 2.75) is 33.7 Å². The number of imidazole rings is 1. The van der Waals surface area contributed by atoms with Crippen molar-refractivity contribution < 1.29 is 0 Å². The lowest BCUT2D eigenvalue weighted by Crippen LogP contribution is -2.07. The number of rotatable bonds is 5. The zero-order valence-electron chi connectivity index (χ0n) is 19.0. The monoisotopic (exact) mass is 421 g/mol. The smallest absolute Gasteiger partial charge is 0.114 e. The van der Waals surface area contributed by atoms with Crippen molar-refractivity contribution in [3.8, 4) is 11.1 Å². The molecule has 0 bridgehead atoms. The fourth-order valence-corrected chi connectivity index (χ4v) is 4.36. The van der Waals surface area contributed by atoms with Gasteiger partial charge in [-0.3, -0.25) is 9.67 Å². The lowest BCUT2D eigenvalue weighted by atomic mass is 10.0. The Kier molecular flexibility index (Phi) is 5.10. The lowest BCUT2D eigenvalue weighted by molar-refractivity contribution is 0.756. The van der Waals surface area contributed by atoms with Crippen LogP contribution in [0.5, 0.6) is 0 Å². The minimum absolute atomic E-state index is 0.767. The Morgan fingerprint density at radius 1 is 0.906 bits per heavy atom. The van der Waals surface area contributed by atoms with Crippen molar-refractivity contribution in [3.63, 3.8) is 0 Å². The van der Waals surface area contributed by atoms with Crippen LogP contribution >= 0.6 is 0 Å². The summed E-state index contributed by atoms with van der Waals surface area (Å²) in [4.78, 5) is 9.20. The molecule has 5 nitrogen and oxygen atoms in total. The zero-order valence-corrected chi connectivity index (χ0v) is 19.0. The van der Waals surface area contributed by atoms with Gasteiger partial charge in [0.1, 0.15) is 5.82 Å². The van der Waals surface area contributed by atoms with E-state index in [1.165, 1.54) is 27.8 Å². The van der Waals surface area contributed by atoms with Crippen LogP contribution in [0.15, 0.2) is 67.1 Å². The van der Waals surface area contributed by atoms with Crippen LogP contribution in [0.25, 0.3) is 22.2 Å². The Balaban J connectivity index is 1.66. The van der Waals surface area contributed by atoms with Crippen LogP contribution in [0.2, 0.25) is 0 Å². The van der Waals surface area contributed by atoms with Crippen LogP contribution in [0.3, 0.4) is 0 Å². The molecule has 0 radical (unpaired) electrons. The molecule has 5 heteroatoms. The minimum Gasteiger partial charge on any atom is -0.323 e. The van der Waals surface area contributed by atoms with Crippen molar-refractivity contribution in [3.05, 3.63) is 101 Å². The summed E-state index contributed by atoms with van der Waals surface area (Å²) in [5.74, 6) is 1.06. The summed E-state index contributed by atoms with van der Waals surface area (Å²) in [6.07, 6.45) is 6.54. The Morgan fingerprint density at radius 2 is 1.72 bits per heavy atom. The maximum Gasteiger partial charge on any atom is 0.114 e. The summed E-state index contributed by atoms with van der Waals surface area (Å²) in [5, 5.41) is 4.53. The minimum atomic E-state index is 0.767. The normalized spacial score (nSPS) is 11.4. The highest BCUT2D eigenvalue weighted by molar-refractivity contribution is 5.83. The molecule has 0 unspecified atom stereocenters. The first-order valence-electron chi connectivity index (χ1n) is 10.9. The summed E-state index contributed by atoms with van der Waals surface area (Å²) in [6, 6.07) is 17.3. The van der Waals surface area contributed by atoms with Crippen LogP contribution in [0.1, 0.15) is 33.8 Å². The molecule has 3 heterocycles. The highest BCUT2D eigenvalue weighted by atomic mass is 15.2. The predicted molar refractivity (Wildman–Crippen MR) is 129 cm³/mol. The van der Waals surface area contributed by atoms with Gasteiger partial charge in [-0.2, -0.15) is 5.10 Å². The molecule has 0 aliphatic rings. The van der Waals surface area contributed by atoms with Crippen LogP contribution in [-0.2, 0) is 20.0 Å². The van der Waals surface area contributed by atoms with Gasteiger partial charge >= 0.3 is 0 Å². The SMILES string of the molecule is Cc1ccc(C)c(Cn2c(Cc3ccncc3)nc3ccc(-c4cn(C)nc4C)cc32)c1. The number of benzene rings is 2. The van der Waals surface area contributed by atoms with E-state index < -0.39 is 0 Å². The number of fused-ring (bicyclic) bond motifs is 1. The first kappa shape index (κ1) is 20.2. The summed E-state index contributed by atoms with van der Waals surface area (Å²) in [6.45, 7) is 7.18. The Morgan fingerprint density at radius 3 is 2.47 bits per heavy atom. The number of nitrogens with zero attached hydrogens (tertiary/aromatic N) is 5. The molecule has 0 N–H and O–H groups in total. The van der Waals surface area contributed by atoms with Gasteiger partial charge in [-0.25, -0.2) is 4.98 Å². The van der Waals surface area contributed by atoms with E-state index >= 15 is 0 Å². The maximum absolute atomic E-state index is 5.04. The van der Waals surface area contributed by atoms with Gasteiger partial charge in [0.2, 0.25) is 0 Å². The molecule has 0 amide bonds. The molecule has 0 atom stereocenters. The van der Waals surface area contributed by atoms with Crippen molar-refractivity contribution in [1.82, 2.24) is 24.3 Å². The fourth-order valence-electron chi connectivity index (χ4n) is 4.36. The van der Waals surface area contributed by atoms with E-state index in [1.807, 2.05) is 24.1 Å². The lowest BCUT2D eigenvalue weighted by Gasteiger charge is -2.13. The van der Waals surface area contributed by atoms with Crippen LogP contribution in [0, 0.1) is 20.8 Å². The second-order valence-corrected chi connectivity index (χ2v) is 8.58. The molecule has 3 aromatic heterocycles. The van der Waals surface area contributed by atoms with E-state index in [0.29, 0.717) is 0 Å². The number of hydrogen-bond donors (Lipinski definition) is 0. The molecule has 5 aromatic rings. The molecule has 0 aliphatic carbocycles. The number of aromatic nitrogens is 5. The molecule has 32 heavy (non-hydrogen) atoms. The number of pyridine rings is 1. The Labute approximate surface area is 188 Å². The largest absolute Gasteiger partial charge is 0.323 e. The van der Waals surface area contributed by atoms with Gasteiger partial charge in [0, 0.05) is 44.2 Å². The van der Waals surface area contributed by atoms with Crippen molar-refractivity contribution >= 4 is 11.0 Å². The molecular weight excluding hydrogens is 394 g/mol. The van der Waals surface area contributed by atoms with Gasteiger partial charge in [-0.1, -0.05) is 29.8 Å². The topological polar surface area (TPSA) is 48.5 Å². The Hall–Kier alpha value is -3.73. The number of hydrogen-bond acceptors (Lipinski definition) is 3. The van der Waals surface area contributed by atoms with Gasteiger partial charge < -0.3 is 4.57 Å². The standard InChI is InChI=1S/C27H27N5/c1-18-5-6-19(2)23(13-18)16-32-26-15-22(24-17-31(4)30-20(24)3)7-8-25(26)29-27(32)14-21-9-11-28-12-10-21/h5-13,15,17H,14,16H2,1-4H3. The first-order chi connectivity index (χ1) is 15.5. The second-order valence-electron chi connectivity index (χ2n) is 8.58. The van der Waals surface area contributed by atoms with Gasteiger partial charge in [0.05, 0.1) is 16.7 Å². The molecule has 0 saturated heterocycles. The van der Waals surface area contributed by atoms with Gasteiger partial charge in [0.25, 0.3) is 0 Å². The maximum atomic E-state index is 5.04. The van der Waals surface area contributed by atoms with Crippen molar-refractivity contribution in [1.29, 1.82) is 0 Å². The molecule has 0 fully saturated rings. The molecule has 160 valence electrons. The van der Waals surface area contributed by atoms with Crippen molar-refractivity contribution in [2.75, 3.05) is 0 Å². The summed E-state index contributed by atoms with van der Waals surface area (Å²) < 4.78 is 4.24. The third-order valence-electron chi connectivity index (χ3n) is 6.10.